The molecule has 0 unspecified atom stereocenters. The lowest BCUT2D eigenvalue weighted by Gasteiger charge is -2.19. The lowest BCUT2D eigenvalue weighted by Crippen LogP contribution is -2.32. The van der Waals surface area contributed by atoms with Crippen molar-refractivity contribution in [2.24, 2.45) is 0 Å². The zero-order valence-corrected chi connectivity index (χ0v) is 18.9. The first kappa shape index (κ1) is 21.4. The molecule has 0 atom stereocenters. The maximum absolute atomic E-state index is 12.4. The average Bonchev–Trinajstić information content (AvgIpc) is 3.16. The SMILES string of the molecule is CN(CCNC(=O)c1ccc(NS(=O)(=O)c2ccc(Br)s2)cc1)c1ccccc1. The quantitative estimate of drug-likeness (QED) is 0.493. The standard InChI is InChI=1S/C20H20BrN3O3S2/c1-24(17-5-3-2-4-6-17)14-13-22-20(25)15-7-9-16(10-8-15)23-29(26,27)19-12-11-18(21)28-19/h2-12,23H,13-14H2,1H3,(H,22,25). The summed E-state index contributed by atoms with van der Waals surface area (Å²) in [5.41, 5.74) is 1.94. The van der Waals surface area contributed by atoms with Gasteiger partial charge in [-0.05, 0) is 64.5 Å². The fourth-order valence-electron chi connectivity index (χ4n) is 2.59. The Balaban J connectivity index is 1.53. The van der Waals surface area contributed by atoms with Crippen LogP contribution in [0.15, 0.2) is 74.7 Å². The molecule has 0 saturated heterocycles. The van der Waals surface area contributed by atoms with E-state index in [0.717, 1.165) is 20.8 Å². The van der Waals surface area contributed by atoms with Gasteiger partial charge in [0.15, 0.2) is 0 Å². The van der Waals surface area contributed by atoms with Gasteiger partial charge in [0, 0.05) is 37.1 Å². The Hall–Kier alpha value is -2.36. The summed E-state index contributed by atoms with van der Waals surface area (Å²) in [4.78, 5) is 14.4. The van der Waals surface area contributed by atoms with Crippen LogP contribution in [0.3, 0.4) is 0 Å². The number of nitrogens with one attached hydrogen (secondary N) is 2. The zero-order chi connectivity index (χ0) is 20.9. The molecule has 1 amide bonds. The lowest BCUT2D eigenvalue weighted by molar-refractivity contribution is 0.0955. The van der Waals surface area contributed by atoms with Crippen LogP contribution in [0.4, 0.5) is 11.4 Å². The normalized spacial score (nSPS) is 11.1. The van der Waals surface area contributed by atoms with Crippen molar-refractivity contribution in [3.63, 3.8) is 0 Å². The lowest BCUT2D eigenvalue weighted by atomic mass is 10.2. The van der Waals surface area contributed by atoms with Gasteiger partial charge >= 0.3 is 0 Å². The molecule has 1 heterocycles. The van der Waals surface area contributed by atoms with Gasteiger partial charge in [-0.15, -0.1) is 11.3 Å². The molecular weight excluding hydrogens is 474 g/mol. The number of nitrogens with zero attached hydrogens (tertiary/aromatic N) is 1. The fourth-order valence-corrected chi connectivity index (χ4v) is 5.66. The Labute approximate surface area is 182 Å². The van der Waals surface area contributed by atoms with E-state index in [4.69, 9.17) is 0 Å². The molecule has 2 N–H and O–H groups in total. The second kappa shape index (κ2) is 9.43. The zero-order valence-electron chi connectivity index (χ0n) is 15.6. The topological polar surface area (TPSA) is 78.5 Å². The molecule has 2 aromatic carbocycles. The summed E-state index contributed by atoms with van der Waals surface area (Å²) in [7, 11) is -1.68. The molecular formula is C20H20BrN3O3S2. The Bertz CT molecular complexity index is 1070. The largest absolute Gasteiger partial charge is 0.373 e. The van der Waals surface area contributed by atoms with Gasteiger partial charge in [0.1, 0.15) is 4.21 Å². The smallest absolute Gasteiger partial charge is 0.271 e. The van der Waals surface area contributed by atoms with Crippen LogP contribution in [0.1, 0.15) is 10.4 Å². The highest BCUT2D eigenvalue weighted by Crippen LogP contribution is 2.27. The molecule has 29 heavy (non-hydrogen) atoms. The number of carbonyl (C=O) groups is 1. The number of para-hydroxylation sites is 1. The number of likely N-dealkylation sites (N-methyl/N-ethyl adjacent to an activating group) is 1. The van der Waals surface area contributed by atoms with E-state index in [1.807, 2.05) is 37.4 Å². The Kier molecular flexibility index (Phi) is 6.94. The molecule has 152 valence electrons. The van der Waals surface area contributed by atoms with Crippen molar-refractivity contribution >= 4 is 54.6 Å². The minimum atomic E-state index is -3.64. The van der Waals surface area contributed by atoms with Crippen molar-refractivity contribution in [1.29, 1.82) is 0 Å². The molecule has 1 aromatic heterocycles. The average molecular weight is 494 g/mol. The molecule has 0 fully saturated rings. The predicted molar refractivity (Wildman–Crippen MR) is 121 cm³/mol. The third kappa shape index (κ3) is 5.81. The number of amides is 1. The second-order valence-corrected chi connectivity index (χ2v) is 10.6. The number of carbonyl (C=O) groups excluding carboxylic acids is 1. The molecule has 0 aliphatic rings. The highest BCUT2D eigenvalue weighted by molar-refractivity contribution is 9.11. The van der Waals surface area contributed by atoms with Crippen LogP contribution in [0, 0.1) is 0 Å². The summed E-state index contributed by atoms with van der Waals surface area (Å²) < 4.78 is 28.2. The molecule has 0 spiro atoms. The van der Waals surface area contributed by atoms with E-state index in [9.17, 15) is 13.2 Å². The van der Waals surface area contributed by atoms with Gasteiger partial charge in [0.25, 0.3) is 15.9 Å². The van der Waals surface area contributed by atoms with E-state index < -0.39 is 10.0 Å². The van der Waals surface area contributed by atoms with Crippen LogP contribution in [0.25, 0.3) is 0 Å². The summed E-state index contributed by atoms with van der Waals surface area (Å²) in [6.45, 7) is 1.16. The molecule has 0 radical (unpaired) electrons. The highest BCUT2D eigenvalue weighted by atomic mass is 79.9. The molecule has 6 nitrogen and oxygen atoms in total. The molecule has 0 bridgehead atoms. The number of sulfonamides is 1. The van der Waals surface area contributed by atoms with E-state index in [1.165, 1.54) is 6.07 Å². The molecule has 9 heteroatoms. The van der Waals surface area contributed by atoms with E-state index in [1.54, 1.807) is 30.3 Å². The molecule has 3 aromatic rings. The summed E-state index contributed by atoms with van der Waals surface area (Å²) in [6, 6.07) is 19.5. The fraction of sp³-hybridized carbons (Fsp3) is 0.150. The van der Waals surface area contributed by atoms with Gasteiger partial charge in [0.2, 0.25) is 0 Å². The highest BCUT2D eigenvalue weighted by Gasteiger charge is 2.17. The monoisotopic (exact) mass is 493 g/mol. The first-order valence-electron chi connectivity index (χ1n) is 8.78. The first-order valence-corrected chi connectivity index (χ1v) is 11.9. The Morgan fingerprint density at radius 1 is 1.03 bits per heavy atom. The van der Waals surface area contributed by atoms with Crippen LogP contribution in [0.2, 0.25) is 0 Å². The van der Waals surface area contributed by atoms with Gasteiger partial charge < -0.3 is 10.2 Å². The third-order valence-corrected chi connectivity index (χ3v) is 7.64. The van der Waals surface area contributed by atoms with Crippen molar-refractivity contribution in [2.45, 2.75) is 4.21 Å². The molecule has 0 saturated carbocycles. The van der Waals surface area contributed by atoms with Crippen molar-refractivity contribution in [3.8, 4) is 0 Å². The van der Waals surface area contributed by atoms with Crippen LogP contribution in [0.5, 0.6) is 0 Å². The van der Waals surface area contributed by atoms with E-state index in [2.05, 4.69) is 30.9 Å². The van der Waals surface area contributed by atoms with Crippen molar-refractivity contribution < 1.29 is 13.2 Å². The van der Waals surface area contributed by atoms with Crippen LogP contribution >= 0.6 is 27.3 Å². The van der Waals surface area contributed by atoms with Crippen molar-refractivity contribution in [2.75, 3.05) is 29.8 Å². The summed E-state index contributed by atoms with van der Waals surface area (Å²) in [6.07, 6.45) is 0. The van der Waals surface area contributed by atoms with Gasteiger partial charge in [-0.3, -0.25) is 9.52 Å². The number of halogens is 1. The predicted octanol–water partition coefficient (Wildman–Crippen LogP) is 4.18. The van der Waals surface area contributed by atoms with Crippen molar-refractivity contribution in [3.05, 3.63) is 76.1 Å². The maximum Gasteiger partial charge on any atom is 0.271 e. The summed E-state index contributed by atoms with van der Waals surface area (Å²) in [5, 5.41) is 2.87. The minimum Gasteiger partial charge on any atom is -0.373 e. The van der Waals surface area contributed by atoms with Crippen molar-refractivity contribution in [1.82, 2.24) is 5.32 Å². The van der Waals surface area contributed by atoms with E-state index in [-0.39, 0.29) is 10.1 Å². The number of rotatable bonds is 8. The number of hydrogen-bond acceptors (Lipinski definition) is 5. The maximum atomic E-state index is 12.4. The number of anilines is 2. The number of hydrogen-bond donors (Lipinski definition) is 2. The van der Waals surface area contributed by atoms with Gasteiger partial charge in [0.05, 0.1) is 3.79 Å². The van der Waals surface area contributed by atoms with Crippen LogP contribution in [-0.2, 0) is 10.0 Å². The molecule has 0 aliphatic carbocycles. The minimum absolute atomic E-state index is 0.206. The second-order valence-electron chi connectivity index (χ2n) is 6.25. The van der Waals surface area contributed by atoms with Gasteiger partial charge in [-0.2, -0.15) is 0 Å². The first-order chi connectivity index (χ1) is 13.8. The summed E-state index contributed by atoms with van der Waals surface area (Å²) in [5.74, 6) is -0.206. The number of benzene rings is 2. The Morgan fingerprint density at radius 3 is 2.34 bits per heavy atom. The molecule has 3 rings (SSSR count). The van der Waals surface area contributed by atoms with Gasteiger partial charge in [-0.1, -0.05) is 18.2 Å². The number of thiophene rings is 1. The summed E-state index contributed by atoms with van der Waals surface area (Å²) >= 11 is 4.39. The Morgan fingerprint density at radius 2 is 1.72 bits per heavy atom. The molecule has 0 aliphatic heterocycles. The van der Waals surface area contributed by atoms with Crippen LogP contribution in [-0.4, -0.2) is 34.5 Å². The van der Waals surface area contributed by atoms with Gasteiger partial charge in [-0.25, -0.2) is 8.42 Å². The van der Waals surface area contributed by atoms with E-state index in [0.29, 0.717) is 24.3 Å². The van der Waals surface area contributed by atoms with E-state index >= 15 is 0 Å². The van der Waals surface area contributed by atoms with Crippen LogP contribution < -0.4 is 14.9 Å². The third-order valence-electron chi connectivity index (χ3n) is 4.14.